The Bertz CT molecular complexity index is 3020. The predicted octanol–water partition coefficient (Wildman–Crippen LogP) is 16.9. The van der Waals surface area contributed by atoms with Gasteiger partial charge in [-0.15, -0.1) is 0 Å². The Hall–Kier alpha value is -7.22. The van der Waals surface area contributed by atoms with Gasteiger partial charge in [-0.25, -0.2) is 0 Å². The third kappa shape index (κ3) is 7.49. The van der Waals surface area contributed by atoms with Crippen molar-refractivity contribution in [2.45, 2.75) is 58.8 Å². The molecule has 0 spiro atoms. The summed E-state index contributed by atoms with van der Waals surface area (Å²) in [7, 11) is 0. The summed E-state index contributed by atoms with van der Waals surface area (Å²) in [6.45, 7) is 18.5. The van der Waals surface area contributed by atoms with Crippen molar-refractivity contribution >= 4 is 11.4 Å². The third-order valence-electron chi connectivity index (χ3n) is 13.8. The Kier molecular flexibility index (Phi) is 12.0. The van der Waals surface area contributed by atoms with Crippen LogP contribution in [-0.4, -0.2) is 6.54 Å². The first-order valence-electron chi connectivity index (χ1n) is 23.2. The zero-order chi connectivity index (χ0) is 45.1. The Morgan fingerprint density at radius 2 is 1.18 bits per heavy atom. The summed E-state index contributed by atoms with van der Waals surface area (Å²) >= 11 is 0. The number of anilines is 2. The number of fused-ring (bicyclic) bond motifs is 6. The minimum atomic E-state index is -0.511. The van der Waals surface area contributed by atoms with Gasteiger partial charge in [-0.3, -0.25) is 0 Å². The number of hydrogen-bond acceptors (Lipinski definition) is 1. The van der Waals surface area contributed by atoms with Crippen LogP contribution < -0.4 is 4.90 Å². The maximum Gasteiger partial charge on any atom is 0.0714 e. The highest BCUT2D eigenvalue weighted by atomic mass is 15.1. The number of nitrogens with zero attached hydrogens (tertiary/aromatic N) is 1. The summed E-state index contributed by atoms with van der Waals surface area (Å²) in [5.74, 6) is 0. The van der Waals surface area contributed by atoms with Gasteiger partial charge in [0.25, 0.3) is 0 Å². The molecule has 0 saturated heterocycles. The smallest absolute Gasteiger partial charge is 0.0714 e. The number of hydrogen-bond donors (Lipinski definition) is 0. The Morgan fingerprint density at radius 3 is 1.88 bits per heavy atom. The molecule has 1 heteroatoms. The quantitative estimate of drug-likeness (QED) is 0.105. The number of allylic oxidation sites excluding steroid dienone is 10. The van der Waals surface area contributed by atoms with E-state index < -0.39 is 5.41 Å². The number of benzene rings is 7. The molecule has 2 aliphatic carbocycles. The lowest BCUT2D eigenvalue weighted by atomic mass is 9.67. The van der Waals surface area contributed by atoms with Crippen molar-refractivity contribution in [1.82, 2.24) is 0 Å². The zero-order valence-corrected chi connectivity index (χ0v) is 38.8. The standard InChI is InChI=1S/C64H59N/c1-8-11-12-13-16-27-47(10-3)48(25-9-2)41-42-65(51-36-39-58-57(43-51)62-46(5)54(38-40-60(62)63(58,6)7)53-32-22-21-26-45(53)4)52-35-37-56-55-33-23-24-34-59(55)64(61(56)44-52,49-28-17-14-18-29-49)50-30-19-15-20-31-50/h9-41,43-44H,3,8,42H2,1-2,4-7H3/b12-11-,16-13-,25-9-,47-27+,48-41-. The molecule has 0 atom stereocenters. The SMILES string of the molecule is C=CC(=C\C=C/C=C\CC)/C(/C=C\C)=C\CN(c1ccc2c(c1)-c1c(ccc(-c3ccccc3C)c1C)C2(C)C)c1ccc2c(c1)C(c1ccccc1)(c1ccccc1)c1ccccc1-2. The molecule has 2 aliphatic rings. The lowest BCUT2D eigenvalue weighted by molar-refractivity contribution is 0.660. The van der Waals surface area contributed by atoms with Gasteiger partial charge >= 0.3 is 0 Å². The molecule has 7 aromatic rings. The molecular formula is C64H59N. The third-order valence-corrected chi connectivity index (χ3v) is 13.8. The van der Waals surface area contributed by atoms with Crippen molar-refractivity contribution < 1.29 is 0 Å². The van der Waals surface area contributed by atoms with Crippen molar-refractivity contribution in [3.8, 4) is 33.4 Å². The first kappa shape index (κ1) is 43.1. The predicted molar refractivity (Wildman–Crippen MR) is 279 cm³/mol. The molecule has 0 unspecified atom stereocenters. The van der Waals surface area contributed by atoms with Crippen molar-refractivity contribution in [3.05, 3.63) is 275 Å². The molecule has 0 fully saturated rings. The lowest BCUT2D eigenvalue weighted by Crippen LogP contribution is -2.29. The van der Waals surface area contributed by atoms with Gasteiger partial charge < -0.3 is 4.90 Å². The second-order valence-corrected chi connectivity index (χ2v) is 17.9. The van der Waals surface area contributed by atoms with E-state index in [1.807, 2.05) is 6.08 Å². The van der Waals surface area contributed by atoms with Gasteiger partial charge in [-0.05, 0) is 140 Å². The highest BCUT2D eigenvalue weighted by Crippen LogP contribution is 2.57. The molecule has 0 N–H and O–H groups in total. The normalized spacial score (nSPS) is 14.7. The molecule has 0 heterocycles. The van der Waals surface area contributed by atoms with Crippen LogP contribution in [0.4, 0.5) is 11.4 Å². The molecule has 0 bridgehead atoms. The minimum Gasteiger partial charge on any atom is -0.338 e. The van der Waals surface area contributed by atoms with E-state index >= 15 is 0 Å². The summed E-state index contributed by atoms with van der Waals surface area (Å²) in [5.41, 5.74) is 22.1. The average Bonchev–Trinajstić information content (AvgIpc) is 3.76. The molecule has 0 aromatic heterocycles. The van der Waals surface area contributed by atoms with E-state index in [0.29, 0.717) is 6.54 Å². The van der Waals surface area contributed by atoms with E-state index in [4.69, 9.17) is 0 Å². The topological polar surface area (TPSA) is 3.24 Å². The van der Waals surface area contributed by atoms with E-state index in [2.05, 4.69) is 259 Å². The highest BCUT2D eigenvalue weighted by molar-refractivity contribution is 5.92. The fraction of sp³-hybridized carbons (Fsp3) is 0.156. The van der Waals surface area contributed by atoms with E-state index in [0.717, 1.165) is 28.9 Å². The van der Waals surface area contributed by atoms with Crippen LogP contribution in [0.2, 0.25) is 0 Å². The molecule has 0 amide bonds. The molecule has 9 rings (SSSR count). The van der Waals surface area contributed by atoms with Crippen molar-refractivity contribution in [3.63, 3.8) is 0 Å². The number of aryl methyl sites for hydroxylation is 1. The van der Waals surface area contributed by atoms with Crippen LogP contribution in [0.25, 0.3) is 33.4 Å². The van der Waals surface area contributed by atoms with Crippen LogP contribution in [-0.2, 0) is 10.8 Å². The van der Waals surface area contributed by atoms with Crippen molar-refractivity contribution in [2.24, 2.45) is 0 Å². The van der Waals surface area contributed by atoms with E-state index in [1.165, 1.54) is 77.9 Å². The summed E-state index contributed by atoms with van der Waals surface area (Å²) in [4.78, 5) is 2.51. The molecule has 320 valence electrons. The van der Waals surface area contributed by atoms with Crippen LogP contribution in [0, 0.1) is 13.8 Å². The summed E-state index contributed by atoms with van der Waals surface area (Å²) < 4.78 is 0. The Labute approximate surface area is 387 Å². The fourth-order valence-corrected chi connectivity index (χ4v) is 10.7. The second kappa shape index (κ2) is 18.1. The van der Waals surface area contributed by atoms with Crippen molar-refractivity contribution in [2.75, 3.05) is 11.4 Å². The van der Waals surface area contributed by atoms with Gasteiger partial charge in [0.2, 0.25) is 0 Å². The van der Waals surface area contributed by atoms with Crippen LogP contribution in [0.5, 0.6) is 0 Å². The van der Waals surface area contributed by atoms with Crippen molar-refractivity contribution in [1.29, 1.82) is 0 Å². The van der Waals surface area contributed by atoms with Gasteiger partial charge in [0.05, 0.1) is 5.41 Å². The summed E-state index contributed by atoms with van der Waals surface area (Å²) in [6, 6.07) is 59.1. The maximum absolute atomic E-state index is 4.26. The Balaban J connectivity index is 1.27. The molecule has 0 radical (unpaired) electrons. The van der Waals surface area contributed by atoms with Crippen LogP contribution in [0.3, 0.4) is 0 Å². The van der Waals surface area contributed by atoms with Crippen LogP contribution in [0.1, 0.15) is 78.6 Å². The van der Waals surface area contributed by atoms with Crippen LogP contribution in [0.15, 0.2) is 230 Å². The maximum atomic E-state index is 4.26. The number of rotatable bonds is 13. The first-order valence-corrected chi connectivity index (χ1v) is 23.2. The van der Waals surface area contributed by atoms with E-state index in [1.54, 1.807) is 0 Å². The average molecular weight is 842 g/mol. The largest absolute Gasteiger partial charge is 0.338 e. The van der Waals surface area contributed by atoms with E-state index in [-0.39, 0.29) is 5.41 Å². The van der Waals surface area contributed by atoms with Gasteiger partial charge in [-0.2, -0.15) is 0 Å². The summed E-state index contributed by atoms with van der Waals surface area (Å²) in [5, 5.41) is 0. The molecular weight excluding hydrogens is 783 g/mol. The van der Waals surface area contributed by atoms with Gasteiger partial charge in [0.1, 0.15) is 0 Å². The molecule has 65 heavy (non-hydrogen) atoms. The molecule has 1 nitrogen and oxygen atoms in total. The van der Waals surface area contributed by atoms with Gasteiger partial charge in [-0.1, -0.05) is 215 Å². The summed E-state index contributed by atoms with van der Waals surface area (Å²) in [6.07, 6.45) is 20.3. The van der Waals surface area contributed by atoms with Gasteiger partial charge in [0, 0.05) is 23.3 Å². The van der Waals surface area contributed by atoms with E-state index in [9.17, 15) is 0 Å². The minimum absolute atomic E-state index is 0.143. The molecule has 7 aromatic carbocycles. The monoisotopic (exact) mass is 841 g/mol. The van der Waals surface area contributed by atoms with Crippen LogP contribution >= 0.6 is 0 Å². The van der Waals surface area contributed by atoms with Gasteiger partial charge in [0.15, 0.2) is 0 Å². The molecule has 0 aliphatic heterocycles. The lowest BCUT2D eigenvalue weighted by Gasteiger charge is -2.35. The zero-order valence-electron chi connectivity index (χ0n) is 38.8. The molecule has 0 saturated carbocycles. The first-order chi connectivity index (χ1) is 31.7. The highest BCUT2D eigenvalue weighted by Gasteiger charge is 2.46. The Morgan fingerprint density at radius 1 is 0.569 bits per heavy atom. The second-order valence-electron chi connectivity index (χ2n) is 17.9. The fourth-order valence-electron chi connectivity index (χ4n) is 10.7.